The number of aryl methyl sites for hydroxylation is 1. The standard InChI is InChI=1S/C12H21N3O3/c1-8(2)4-10(16)5-13-12(17)14-6-11-9(3)18-7-15-11/h7-8,10,16H,4-6H2,1-3H3,(H2,13,14,17). The molecule has 6 heteroatoms. The van der Waals surface area contributed by atoms with E-state index in [1.165, 1.54) is 6.39 Å². The second-order valence-electron chi connectivity index (χ2n) is 4.70. The van der Waals surface area contributed by atoms with E-state index in [9.17, 15) is 9.90 Å². The van der Waals surface area contributed by atoms with Crippen LogP contribution >= 0.6 is 0 Å². The molecule has 0 radical (unpaired) electrons. The van der Waals surface area contributed by atoms with E-state index in [0.29, 0.717) is 30.3 Å². The number of aromatic nitrogens is 1. The molecule has 18 heavy (non-hydrogen) atoms. The maximum atomic E-state index is 11.4. The highest BCUT2D eigenvalue weighted by atomic mass is 16.3. The number of aliphatic hydroxyl groups is 1. The molecule has 0 aromatic carbocycles. The number of hydrogen-bond donors (Lipinski definition) is 3. The van der Waals surface area contributed by atoms with E-state index in [4.69, 9.17) is 4.42 Å². The summed E-state index contributed by atoms with van der Waals surface area (Å²) in [4.78, 5) is 15.4. The van der Waals surface area contributed by atoms with Gasteiger partial charge in [-0.3, -0.25) is 0 Å². The summed E-state index contributed by atoms with van der Waals surface area (Å²) in [5, 5.41) is 14.9. The van der Waals surface area contributed by atoms with Crippen LogP contribution in [0.1, 0.15) is 31.7 Å². The Kier molecular flexibility index (Phi) is 5.64. The first-order chi connectivity index (χ1) is 8.49. The highest BCUT2D eigenvalue weighted by Gasteiger charge is 2.09. The van der Waals surface area contributed by atoms with E-state index in [2.05, 4.69) is 15.6 Å². The topological polar surface area (TPSA) is 87.4 Å². The summed E-state index contributed by atoms with van der Waals surface area (Å²) < 4.78 is 5.02. The maximum absolute atomic E-state index is 11.4. The van der Waals surface area contributed by atoms with Gasteiger partial charge in [-0.15, -0.1) is 0 Å². The molecular formula is C12H21N3O3. The van der Waals surface area contributed by atoms with Gasteiger partial charge in [0.25, 0.3) is 0 Å². The molecule has 0 fully saturated rings. The van der Waals surface area contributed by atoms with Crippen LogP contribution in [0.4, 0.5) is 4.79 Å². The molecule has 0 aliphatic heterocycles. The normalized spacial score (nSPS) is 12.5. The summed E-state index contributed by atoms with van der Waals surface area (Å²) in [6.45, 7) is 6.40. The Bertz CT molecular complexity index is 376. The van der Waals surface area contributed by atoms with E-state index in [-0.39, 0.29) is 12.6 Å². The van der Waals surface area contributed by atoms with E-state index in [1.807, 2.05) is 13.8 Å². The smallest absolute Gasteiger partial charge is 0.315 e. The van der Waals surface area contributed by atoms with Crippen molar-refractivity contribution in [2.45, 2.75) is 39.8 Å². The zero-order valence-electron chi connectivity index (χ0n) is 11.1. The molecular weight excluding hydrogens is 234 g/mol. The van der Waals surface area contributed by atoms with Gasteiger partial charge in [0, 0.05) is 6.54 Å². The second-order valence-corrected chi connectivity index (χ2v) is 4.70. The minimum Gasteiger partial charge on any atom is -0.448 e. The van der Waals surface area contributed by atoms with Crippen molar-refractivity contribution in [1.82, 2.24) is 15.6 Å². The Morgan fingerprint density at radius 2 is 2.22 bits per heavy atom. The summed E-state index contributed by atoms with van der Waals surface area (Å²) in [6, 6.07) is -0.319. The van der Waals surface area contributed by atoms with E-state index in [0.717, 1.165) is 0 Å². The number of urea groups is 1. The summed E-state index contributed by atoms with van der Waals surface area (Å²) in [5.74, 6) is 1.10. The molecule has 0 aliphatic rings. The van der Waals surface area contributed by atoms with Gasteiger partial charge < -0.3 is 20.2 Å². The molecule has 6 nitrogen and oxygen atoms in total. The molecule has 3 N–H and O–H groups in total. The molecule has 1 aromatic rings. The van der Waals surface area contributed by atoms with E-state index >= 15 is 0 Å². The number of hydrogen-bond acceptors (Lipinski definition) is 4. The average molecular weight is 255 g/mol. The zero-order chi connectivity index (χ0) is 13.5. The van der Waals surface area contributed by atoms with Crippen LogP contribution in [0.25, 0.3) is 0 Å². The van der Waals surface area contributed by atoms with Crippen LogP contribution in [-0.4, -0.2) is 28.8 Å². The number of amides is 2. The van der Waals surface area contributed by atoms with Crippen LogP contribution in [0.3, 0.4) is 0 Å². The van der Waals surface area contributed by atoms with Crippen molar-refractivity contribution in [3.05, 3.63) is 17.8 Å². The van der Waals surface area contributed by atoms with Gasteiger partial charge in [0.2, 0.25) is 0 Å². The molecule has 0 bridgehead atoms. The Morgan fingerprint density at radius 3 is 2.78 bits per heavy atom. The minimum absolute atomic E-state index is 0.252. The predicted octanol–water partition coefficient (Wildman–Crippen LogP) is 1.19. The lowest BCUT2D eigenvalue weighted by atomic mass is 10.1. The summed E-state index contributed by atoms with van der Waals surface area (Å²) in [6.07, 6.45) is 1.50. The summed E-state index contributed by atoms with van der Waals surface area (Å²) >= 11 is 0. The van der Waals surface area contributed by atoms with Gasteiger partial charge in [-0.1, -0.05) is 13.8 Å². The van der Waals surface area contributed by atoms with E-state index < -0.39 is 6.10 Å². The number of nitrogens with one attached hydrogen (secondary N) is 2. The van der Waals surface area contributed by atoms with Gasteiger partial charge in [0.05, 0.1) is 12.6 Å². The fourth-order valence-electron chi connectivity index (χ4n) is 1.56. The van der Waals surface area contributed by atoms with Crippen LogP contribution in [0.5, 0.6) is 0 Å². The largest absolute Gasteiger partial charge is 0.448 e. The molecule has 0 spiro atoms. The highest BCUT2D eigenvalue weighted by Crippen LogP contribution is 2.04. The average Bonchev–Trinajstić information content (AvgIpc) is 2.68. The molecule has 2 amide bonds. The van der Waals surface area contributed by atoms with Crippen molar-refractivity contribution >= 4 is 6.03 Å². The van der Waals surface area contributed by atoms with Crippen molar-refractivity contribution in [3.8, 4) is 0 Å². The fourth-order valence-corrected chi connectivity index (χ4v) is 1.56. The predicted molar refractivity (Wildman–Crippen MR) is 66.9 cm³/mol. The SMILES string of the molecule is Cc1ocnc1CNC(=O)NCC(O)CC(C)C. The Balaban J connectivity index is 2.20. The van der Waals surface area contributed by atoms with E-state index in [1.54, 1.807) is 6.92 Å². The Labute approximate surface area is 107 Å². The lowest BCUT2D eigenvalue weighted by molar-refractivity contribution is 0.147. The fraction of sp³-hybridized carbons (Fsp3) is 0.667. The summed E-state index contributed by atoms with van der Waals surface area (Å²) in [5.41, 5.74) is 0.702. The summed E-state index contributed by atoms with van der Waals surface area (Å²) in [7, 11) is 0. The van der Waals surface area contributed by atoms with Crippen LogP contribution in [0, 0.1) is 12.8 Å². The second kappa shape index (κ2) is 7.00. The van der Waals surface area contributed by atoms with Crippen LogP contribution in [-0.2, 0) is 6.54 Å². The monoisotopic (exact) mass is 255 g/mol. The Morgan fingerprint density at radius 1 is 1.50 bits per heavy atom. The number of oxazole rings is 1. The number of aliphatic hydroxyl groups excluding tert-OH is 1. The molecule has 1 atom stereocenters. The van der Waals surface area contributed by atoms with Crippen molar-refractivity contribution in [2.24, 2.45) is 5.92 Å². The third-order valence-corrected chi connectivity index (χ3v) is 2.50. The quantitative estimate of drug-likeness (QED) is 0.712. The van der Waals surface area contributed by atoms with Gasteiger partial charge in [-0.25, -0.2) is 9.78 Å². The Hall–Kier alpha value is -1.56. The highest BCUT2D eigenvalue weighted by molar-refractivity contribution is 5.73. The van der Waals surface area contributed by atoms with Gasteiger partial charge in [-0.2, -0.15) is 0 Å². The van der Waals surface area contributed by atoms with Gasteiger partial charge >= 0.3 is 6.03 Å². The first-order valence-electron chi connectivity index (χ1n) is 6.07. The molecule has 1 aromatic heterocycles. The van der Waals surface area contributed by atoms with Gasteiger partial charge in [-0.05, 0) is 19.3 Å². The number of rotatable bonds is 6. The number of carbonyl (C=O) groups excluding carboxylic acids is 1. The zero-order valence-corrected chi connectivity index (χ0v) is 11.1. The van der Waals surface area contributed by atoms with Gasteiger partial charge in [0.15, 0.2) is 6.39 Å². The van der Waals surface area contributed by atoms with Crippen LogP contribution in [0.2, 0.25) is 0 Å². The maximum Gasteiger partial charge on any atom is 0.315 e. The molecule has 1 heterocycles. The third-order valence-electron chi connectivity index (χ3n) is 2.50. The molecule has 0 saturated heterocycles. The first kappa shape index (κ1) is 14.5. The van der Waals surface area contributed by atoms with Crippen LogP contribution < -0.4 is 10.6 Å². The lowest BCUT2D eigenvalue weighted by Gasteiger charge is -2.14. The van der Waals surface area contributed by atoms with Crippen LogP contribution in [0.15, 0.2) is 10.8 Å². The minimum atomic E-state index is -0.510. The molecule has 0 saturated carbocycles. The van der Waals surface area contributed by atoms with Crippen molar-refractivity contribution in [3.63, 3.8) is 0 Å². The lowest BCUT2D eigenvalue weighted by Crippen LogP contribution is -2.39. The molecule has 102 valence electrons. The van der Waals surface area contributed by atoms with Crippen molar-refractivity contribution < 1.29 is 14.3 Å². The van der Waals surface area contributed by atoms with Gasteiger partial charge in [0.1, 0.15) is 11.5 Å². The number of nitrogens with zero attached hydrogens (tertiary/aromatic N) is 1. The molecule has 1 rings (SSSR count). The third kappa shape index (κ3) is 5.18. The molecule has 1 unspecified atom stereocenters. The van der Waals surface area contributed by atoms with Crippen molar-refractivity contribution in [2.75, 3.05) is 6.54 Å². The molecule has 0 aliphatic carbocycles. The first-order valence-corrected chi connectivity index (χ1v) is 6.07. The number of carbonyl (C=O) groups is 1. The van der Waals surface area contributed by atoms with Crippen molar-refractivity contribution in [1.29, 1.82) is 0 Å².